The minimum absolute atomic E-state index is 0.294. The second-order valence-electron chi connectivity index (χ2n) is 4.35. The SMILES string of the molecule is OC1/C(=C/c2ccco2)N2CCC1CC2. The van der Waals surface area contributed by atoms with Crippen molar-refractivity contribution in [1.29, 1.82) is 0 Å². The van der Waals surface area contributed by atoms with Crippen molar-refractivity contribution in [3.05, 3.63) is 29.9 Å². The van der Waals surface area contributed by atoms with Crippen LogP contribution in [0.2, 0.25) is 0 Å². The molecule has 0 spiro atoms. The van der Waals surface area contributed by atoms with Crippen LogP contribution < -0.4 is 0 Å². The fourth-order valence-electron chi connectivity index (χ4n) is 2.60. The number of hydrogen-bond acceptors (Lipinski definition) is 3. The van der Waals surface area contributed by atoms with Gasteiger partial charge in [0, 0.05) is 24.9 Å². The summed E-state index contributed by atoms with van der Waals surface area (Å²) in [5.74, 6) is 1.29. The van der Waals surface area contributed by atoms with Crippen molar-refractivity contribution in [3.63, 3.8) is 0 Å². The Kier molecular flexibility index (Phi) is 2.06. The van der Waals surface area contributed by atoms with Gasteiger partial charge in [0.25, 0.3) is 0 Å². The predicted octanol–water partition coefficient (Wildman–Crippen LogP) is 1.71. The molecular formula is C12H15NO2. The maximum Gasteiger partial charge on any atom is 0.128 e. The summed E-state index contributed by atoms with van der Waals surface area (Å²) < 4.78 is 5.28. The summed E-state index contributed by atoms with van der Waals surface area (Å²) in [6.45, 7) is 2.16. The van der Waals surface area contributed by atoms with Crippen LogP contribution in [-0.2, 0) is 0 Å². The van der Waals surface area contributed by atoms with E-state index in [4.69, 9.17) is 4.42 Å². The molecule has 3 nitrogen and oxygen atoms in total. The van der Waals surface area contributed by atoms with E-state index in [2.05, 4.69) is 4.90 Å². The molecule has 3 heteroatoms. The molecule has 3 saturated heterocycles. The second kappa shape index (κ2) is 3.42. The summed E-state index contributed by atoms with van der Waals surface area (Å²) in [4.78, 5) is 2.27. The van der Waals surface area contributed by atoms with E-state index in [-0.39, 0.29) is 6.10 Å². The minimum Gasteiger partial charge on any atom is -0.465 e. The van der Waals surface area contributed by atoms with E-state index in [9.17, 15) is 5.11 Å². The molecule has 1 aromatic rings. The van der Waals surface area contributed by atoms with Crippen LogP contribution in [-0.4, -0.2) is 29.2 Å². The molecule has 1 unspecified atom stereocenters. The van der Waals surface area contributed by atoms with Gasteiger partial charge in [0.2, 0.25) is 0 Å². The highest BCUT2D eigenvalue weighted by molar-refractivity contribution is 5.49. The summed E-state index contributed by atoms with van der Waals surface area (Å²) >= 11 is 0. The second-order valence-corrected chi connectivity index (χ2v) is 4.35. The van der Waals surface area contributed by atoms with E-state index in [1.807, 2.05) is 18.2 Å². The van der Waals surface area contributed by atoms with Crippen molar-refractivity contribution in [2.75, 3.05) is 13.1 Å². The maximum absolute atomic E-state index is 10.1. The first-order valence-electron chi connectivity index (χ1n) is 5.53. The predicted molar refractivity (Wildman–Crippen MR) is 57.0 cm³/mol. The number of rotatable bonds is 1. The standard InChI is InChI=1S/C12H15NO2/c14-12-9-3-5-13(6-4-9)11(12)8-10-2-1-7-15-10/h1-2,7-9,12,14H,3-6H2/b11-8-. The summed E-state index contributed by atoms with van der Waals surface area (Å²) in [7, 11) is 0. The quantitative estimate of drug-likeness (QED) is 0.758. The molecule has 1 atom stereocenters. The molecule has 3 fully saturated rings. The average molecular weight is 205 g/mol. The molecule has 4 rings (SSSR count). The Morgan fingerprint density at radius 2 is 2.20 bits per heavy atom. The van der Waals surface area contributed by atoms with Crippen molar-refractivity contribution in [2.24, 2.45) is 5.92 Å². The van der Waals surface area contributed by atoms with Gasteiger partial charge in [0.1, 0.15) is 5.76 Å². The van der Waals surface area contributed by atoms with Gasteiger partial charge in [-0.15, -0.1) is 0 Å². The topological polar surface area (TPSA) is 36.6 Å². The van der Waals surface area contributed by atoms with Gasteiger partial charge in [0.15, 0.2) is 0 Å². The zero-order chi connectivity index (χ0) is 10.3. The minimum atomic E-state index is -0.294. The Balaban J connectivity index is 1.92. The number of piperidine rings is 3. The van der Waals surface area contributed by atoms with Crippen LogP contribution in [0.5, 0.6) is 0 Å². The monoisotopic (exact) mass is 205 g/mol. The fraction of sp³-hybridized carbons (Fsp3) is 0.500. The number of aliphatic hydroxyl groups excluding tert-OH is 1. The van der Waals surface area contributed by atoms with Crippen LogP contribution in [0.15, 0.2) is 28.5 Å². The Morgan fingerprint density at radius 1 is 1.40 bits per heavy atom. The number of aliphatic hydroxyl groups is 1. The average Bonchev–Trinajstić information content (AvgIpc) is 2.77. The molecule has 0 amide bonds. The molecule has 80 valence electrons. The number of hydrogen-bond donors (Lipinski definition) is 1. The van der Waals surface area contributed by atoms with Gasteiger partial charge in [-0.05, 0) is 30.9 Å². The number of furan rings is 1. The van der Waals surface area contributed by atoms with Gasteiger partial charge in [-0.3, -0.25) is 0 Å². The Morgan fingerprint density at radius 3 is 2.80 bits per heavy atom. The Labute approximate surface area is 89.0 Å². The molecule has 0 radical (unpaired) electrons. The lowest BCUT2D eigenvalue weighted by atomic mass is 9.83. The third-order valence-corrected chi connectivity index (χ3v) is 3.49. The van der Waals surface area contributed by atoms with Crippen molar-refractivity contribution in [1.82, 2.24) is 4.90 Å². The molecule has 15 heavy (non-hydrogen) atoms. The lowest BCUT2D eigenvalue weighted by Gasteiger charge is -2.45. The Hall–Kier alpha value is -1.22. The number of fused-ring (bicyclic) bond motifs is 3. The highest BCUT2D eigenvalue weighted by atomic mass is 16.3. The smallest absolute Gasteiger partial charge is 0.128 e. The Bertz CT molecular complexity index is 357. The van der Waals surface area contributed by atoms with Crippen molar-refractivity contribution >= 4 is 6.08 Å². The van der Waals surface area contributed by atoms with E-state index in [1.54, 1.807) is 6.26 Å². The molecule has 1 N–H and O–H groups in total. The van der Waals surface area contributed by atoms with E-state index in [0.717, 1.165) is 37.4 Å². The molecule has 0 aliphatic carbocycles. The van der Waals surface area contributed by atoms with Crippen LogP contribution in [0.4, 0.5) is 0 Å². The summed E-state index contributed by atoms with van der Waals surface area (Å²) in [5, 5.41) is 10.1. The summed E-state index contributed by atoms with van der Waals surface area (Å²) in [5.41, 5.74) is 1.03. The molecule has 2 bridgehead atoms. The van der Waals surface area contributed by atoms with Crippen LogP contribution in [0, 0.1) is 5.92 Å². The van der Waals surface area contributed by atoms with Crippen molar-refractivity contribution in [2.45, 2.75) is 18.9 Å². The molecule has 3 aliphatic heterocycles. The van der Waals surface area contributed by atoms with Gasteiger partial charge >= 0.3 is 0 Å². The highest BCUT2D eigenvalue weighted by Gasteiger charge is 2.36. The first-order chi connectivity index (χ1) is 7.34. The van der Waals surface area contributed by atoms with Crippen molar-refractivity contribution in [3.8, 4) is 0 Å². The molecular weight excluding hydrogens is 190 g/mol. The highest BCUT2D eigenvalue weighted by Crippen LogP contribution is 2.35. The van der Waals surface area contributed by atoms with Gasteiger partial charge in [-0.1, -0.05) is 0 Å². The van der Waals surface area contributed by atoms with Gasteiger partial charge in [-0.2, -0.15) is 0 Å². The molecule has 0 saturated carbocycles. The van der Waals surface area contributed by atoms with Gasteiger partial charge < -0.3 is 14.4 Å². The largest absolute Gasteiger partial charge is 0.465 e. The third-order valence-electron chi connectivity index (χ3n) is 3.49. The first-order valence-corrected chi connectivity index (χ1v) is 5.53. The lowest BCUT2D eigenvalue weighted by molar-refractivity contribution is 0.0213. The van der Waals surface area contributed by atoms with Crippen molar-refractivity contribution < 1.29 is 9.52 Å². The van der Waals surface area contributed by atoms with E-state index >= 15 is 0 Å². The van der Waals surface area contributed by atoms with Gasteiger partial charge in [-0.25, -0.2) is 0 Å². The normalized spacial score (nSPS) is 32.6. The molecule has 4 heterocycles. The van der Waals surface area contributed by atoms with E-state index in [1.165, 1.54) is 0 Å². The fourth-order valence-corrected chi connectivity index (χ4v) is 2.60. The van der Waals surface area contributed by atoms with Gasteiger partial charge in [0.05, 0.1) is 12.4 Å². The molecule has 0 aromatic carbocycles. The maximum atomic E-state index is 10.1. The summed E-state index contributed by atoms with van der Waals surface area (Å²) in [6, 6.07) is 3.79. The van der Waals surface area contributed by atoms with E-state index < -0.39 is 0 Å². The van der Waals surface area contributed by atoms with Crippen LogP contribution in [0.25, 0.3) is 6.08 Å². The molecule has 1 aromatic heterocycles. The first kappa shape index (κ1) is 9.04. The van der Waals surface area contributed by atoms with Crippen LogP contribution >= 0.6 is 0 Å². The lowest BCUT2D eigenvalue weighted by Crippen LogP contribution is -2.48. The third kappa shape index (κ3) is 1.47. The van der Waals surface area contributed by atoms with Crippen LogP contribution in [0.3, 0.4) is 0 Å². The summed E-state index contributed by atoms with van der Waals surface area (Å²) in [6.07, 6.45) is 5.58. The number of nitrogens with zero attached hydrogens (tertiary/aromatic N) is 1. The molecule has 3 aliphatic rings. The van der Waals surface area contributed by atoms with Crippen LogP contribution in [0.1, 0.15) is 18.6 Å². The van der Waals surface area contributed by atoms with E-state index in [0.29, 0.717) is 5.92 Å². The zero-order valence-corrected chi connectivity index (χ0v) is 8.60. The zero-order valence-electron chi connectivity index (χ0n) is 8.60.